The molecule has 1 amide bonds. The van der Waals surface area contributed by atoms with Crippen LogP contribution in [-0.2, 0) is 6.42 Å². The zero-order valence-corrected chi connectivity index (χ0v) is 12.1. The lowest BCUT2D eigenvalue weighted by molar-refractivity contribution is 0.102. The molecule has 0 saturated carbocycles. The summed E-state index contributed by atoms with van der Waals surface area (Å²) in [6.07, 6.45) is 0.802. The number of aromatic amines is 1. The fourth-order valence-corrected chi connectivity index (χ4v) is 3.72. The Morgan fingerprint density at radius 3 is 2.70 bits per heavy atom. The maximum atomic E-state index is 12.2. The van der Waals surface area contributed by atoms with E-state index in [0.29, 0.717) is 11.3 Å². The van der Waals surface area contributed by atoms with Crippen molar-refractivity contribution < 1.29 is 4.79 Å². The van der Waals surface area contributed by atoms with E-state index in [1.54, 1.807) is 6.07 Å². The maximum Gasteiger partial charge on any atom is 0.273 e. The van der Waals surface area contributed by atoms with Gasteiger partial charge >= 0.3 is 0 Å². The lowest BCUT2D eigenvalue weighted by Gasteiger charge is -2.12. The third-order valence-corrected chi connectivity index (χ3v) is 4.65. The van der Waals surface area contributed by atoms with Crippen LogP contribution in [0.15, 0.2) is 38.9 Å². The van der Waals surface area contributed by atoms with Crippen LogP contribution in [0, 0.1) is 6.92 Å². The monoisotopic (exact) mass is 286 g/mol. The molecule has 0 fully saturated rings. The third kappa shape index (κ3) is 1.94. The number of aromatic nitrogens is 1. The molecule has 1 aliphatic heterocycles. The molecular formula is C15H14N2O2S. The van der Waals surface area contributed by atoms with Crippen LogP contribution in [0.1, 0.15) is 28.5 Å². The first kappa shape index (κ1) is 13.0. The van der Waals surface area contributed by atoms with Crippen molar-refractivity contribution >= 4 is 23.4 Å². The first-order valence-electron chi connectivity index (χ1n) is 6.45. The molecule has 2 N–H and O–H groups in total. The van der Waals surface area contributed by atoms with Gasteiger partial charge in [0.25, 0.3) is 11.5 Å². The van der Waals surface area contributed by atoms with Crippen LogP contribution in [0.2, 0.25) is 0 Å². The van der Waals surface area contributed by atoms with Crippen molar-refractivity contribution in [1.29, 1.82) is 0 Å². The van der Waals surface area contributed by atoms with Gasteiger partial charge in [-0.25, -0.2) is 0 Å². The Balaban J connectivity index is 2.30. The summed E-state index contributed by atoms with van der Waals surface area (Å²) in [5, 5.41) is 2.75. The van der Waals surface area contributed by atoms with Crippen LogP contribution in [0.5, 0.6) is 0 Å². The molecule has 2 aromatic rings. The van der Waals surface area contributed by atoms with Gasteiger partial charge in [0, 0.05) is 15.5 Å². The number of benzene rings is 1. The van der Waals surface area contributed by atoms with Crippen LogP contribution >= 0.6 is 11.8 Å². The number of pyridine rings is 1. The van der Waals surface area contributed by atoms with Crippen LogP contribution < -0.4 is 10.9 Å². The van der Waals surface area contributed by atoms with Crippen LogP contribution in [0.25, 0.3) is 0 Å². The summed E-state index contributed by atoms with van der Waals surface area (Å²) >= 11 is 1.48. The Kier molecular flexibility index (Phi) is 3.14. The van der Waals surface area contributed by atoms with E-state index < -0.39 is 0 Å². The highest BCUT2D eigenvalue weighted by atomic mass is 32.2. The van der Waals surface area contributed by atoms with Gasteiger partial charge in [-0.3, -0.25) is 9.59 Å². The summed E-state index contributed by atoms with van der Waals surface area (Å²) in [4.78, 5) is 28.9. The number of anilines is 1. The Morgan fingerprint density at radius 2 is 1.95 bits per heavy atom. The van der Waals surface area contributed by atoms with Gasteiger partial charge in [-0.2, -0.15) is 0 Å². The van der Waals surface area contributed by atoms with E-state index >= 15 is 0 Å². The first-order chi connectivity index (χ1) is 9.61. The van der Waals surface area contributed by atoms with Gasteiger partial charge in [0.1, 0.15) is 5.69 Å². The van der Waals surface area contributed by atoms with Gasteiger partial charge in [0.2, 0.25) is 0 Å². The number of nitrogens with one attached hydrogen (secondary N) is 2. The summed E-state index contributed by atoms with van der Waals surface area (Å²) in [6, 6.07) is 7.40. The molecule has 0 atom stereocenters. The molecule has 5 heteroatoms. The fourth-order valence-electron chi connectivity index (χ4n) is 2.42. The Hall–Kier alpha value is -2.01. The van der Waals surface area contributed by atoms with Crippen LogP contribution in [0.3, 0.4) is 0 Å². The van der Waals surface area contributed by atoms with E-state index in [2.05, 4.69) is 10.3 Å². The van der Waals surface area contributed by atoms with Crippen LogP contribution in [0.4, 0.5) is 5.69 Å². The van der Waals surface area contributed by atoms with E-state index in [0.717, 1.165) is 27.5 Å². The van der Waals surface area contributed by atoms with Crippen molar-refractivity contribution in [3.8, 4) is 0 Å². The average molecular weight is 286 g/mol. The molecule has 0 unspecified atom stereocenters. The van der Waals surface area contributed by atoms with Crippen molar-refractivity contribution in [3.05, 3.63) is 51.4 Å². The highest BCUT2D eigenvalue weighted by Gasteiger charge is 2.24. The molecule has 3 rings (SSSR count). The summed E-state index contributed by atoms with van der Waals surface area (Å²) in [5.41, 5.74) is 2.65. The number of amides is 1. The van der Waals surface area contributed by atoms with Gasteiger partial charge in [0.15, 0.2) is 0 Å². The average Bonchev–Trinajstić information content (AvgIpc) is 2.57. The summed E-state index contributed by atoms with van der Waals surface area (Å²) < 4.78 is 0. The largest absolute Gasteiger partial charge is 0.324 e. The Bertz CT molecular complexity index is 765. The topological polar surface area (TPSA) is 62.0 Å². The minimum absolute atomic E-state index is 0.233. The van der Waals surface area contributed by atoms with Gasteiger partial charge in [-0.1, -0.05) is 30.8 Å². The number of aryl methyl sites for hydroxylation is 1. The second kappa shape index (κ2) is 4.83. The minimum atomic E-state index is -0.247. The van der Waals surface area contributed by atoms with E-state index in [1.807, 2.05) is 32.0 Å². The predicted octanol–water partition coefficient (Wildman–Crippen LogP) is 2.96. The van der Waals surface area contributed by atoms with Crippen LogP contribution in [-0.4, -0.2) is 10.9 Å². The van der Waals surface area contributed by atoms with E-state index in [-0.39, 0.29) is 11.5 Å². The maximum absolute atomic E-state index is 12.2. The van der Waals surface area contributed by atoms with E-state index in [1.165, 1.54) is 11.8 Å². The lowest BCUT2D eigenvalue weighted by atomic mass is 10.1. The van der Waals surface area contributed by atoms with E-state index in [9.17, 15) is 9.59 Å². The fraction of sp³-hybridized carbons (Fsp3) is 0.200. The highest BCUT2D eigenvalue weighted by molar-refractivity contribution is 7.99. The summed E-state index contributed by atoms with van der Waals surface area (Å²) in [5.74, 6) is -0.233. The zero-order valence-electron chi connectivity index (χ0n) is 11.2. The molecule has 0 bridgehead atoms. The summed E-state index contributed by atoms with van der Waals surface area (Å²) in [7, 11) is 0. The zero-order chi connectivity index (χ0) is 14.3. The van der Waals surface area contributed by atoms with Crippen molar-refractivity contribution in [1.82, 2.24) is 4.98 Å². The van der Waals surface area contributed by atoms with Crippen molar-refractivity contribution in [2.45, 2.75) is 30.1 Å². The quantitative estimate of drug-likeness (QED) is 0.847. The molecule has 1 aromatic heterocycles. The van der Waals surface area contributed by atoms with Crippen molar-refractivity contribution in [2.75, 3.05) is 5.32 Å². The molecule has 2 heterocycles. The number of hydrogen-bond acceptors (Lipinski definition) is 3. The SMILES string of the molecule is CCc1c(C)[nH]c(=O)c2c1Sc1ccccc1C(=O)N2. The van der Waals surface area contributed by atoms with Gasteiger partial charge in [0.05, 0.1) is 5.56 Å². The summed E-state index contributed by atoms with van der Waals surface area (Å²) in [6.45, 7) is 3.93. The molecule has 0 spiro atoms. The molecule has 0 radical (unpaired) electrons. The number of fused-ring (bicyclic) bond motifs is 2. The second-order valence-electron chi connectivity index (χ2n) is 4.67. The van der Waals surface area contributed by atoms with Gasteiger partial charge in [-0.15, -0.1) is 0 Å². The molecule has 1 aromatic carbocycles. The lowest BCUT2D eigenvalue weighted by Crippen LogP contribution is -2.21. The molecule has 102 valence electrons. The number of carbonyl (C=O) groups is 1. The number of hydrogen-bond donors (Lipinski definition) is 2. The molecule has 1 aliphatic rings. The van der Waals surface area contributed by atoms with E-state index in [4.69, 9.17) is 0 Å². The second-order valence-corrected chi connectivity index (χ2v) is 5.72. The van der Waals surface area contributed by atoms with Gasteiger partial charge in [-0.05, 0) is 31.0 Å². The smallest absolute Gasteiger partial charge is 0.273 e. The van der Waals surface area contributed by atoms with Crippen molar-refractivity contribution in [2.24, 2.45) is 0 Å². The third-order valence-electron chi connectivity index (χ3n) is 3.42. The molecule has 0 saturated heterocycles. The predicted molar refractivity (Wildman–Crippen MR) is 79.7 cm³/mol. The highest BCUT2D eigenvalue weighted by Crippen LogP contribution is 2.39. The molecule has 0 aliphatic carbocycles. The number of carbonyl (C=O) groups excluding carboxylic acids is 1. The Morgan fingerprint density at radius 1 is 1.20 bits per heavy atom. The minimum Gasteiger partial charge on any atom is -0.324 e. The van der Waals surface area contributed by atoms with Crippen molar-refractivity contribution in [3.63, 3.8) is 0 Å². The normalized spacial score (nSPS) is 13.2. The standard InChI is InChI=1S/C15H14N2O2S/c1-3-9-8(2)16-15(19)12-13(9)20-11-7-5-4-6-10(11)14(18)17-12/h4-7H,3H2,1-2H3,(H,16,19)(H,17,18). The van der Waals surface area contributed by atoms with Gasteiger partial charge < -0.3 is 10.3 Å². The first-order valence-corrected chi connectivity index (χ1v) is 7.27. The number of H-pyrrole nitrogens is 1. The molecule has 20 heavy (non-hydrogen) atoms. The molecular weight excluding hydrogens is 272 g/mol. The molecule has 4 nitrogen and oxygen atoms in total. The number of rotatable bonds is 1. The Labute approximate surface area is 120 Å².